The van der Waals surface area contributed by atoms with E-state index in [1.165, 1.54) is 0 Å². The smallest absolute Gasteiger partial charge is 0.264 e. The van der Waals surface area contributed by atoms with Gasteiger partial charge in [0.2, 0.25) is 0 Å². The lowest BCUT2D eigenvalue weighted by Crippen LogP contribution is -2.46. The van der Waals surface area contributed by atoms with Crippen molar-refractivity contribution < 1.29 is 29.0 Å². The van der Waals surface area contributed by atoms with Crippen LogP contribution in [0, 0.1) is 5.92 Å². The third-order valence-electron chi connectivity index (χ3n) is 9.28. The predicted molar refractivity (Wildman–Crippen MR) is 184 cm³/mol. The molecule has 10 heteroatoms. The van der Waals surface area contributed by atoms with Crippen molar-refractivity contribution in [2.75, 3.05) is 22.1 Å². The molecule has 4 aromatic rings. The normalized spacial score (nSPS) is 21.9. The summed E-state index contributed by atoms with van der Waals surface area (Å²) in [6.45, 7) is 5.72. The van der Waals surface area contributed by atoms with Gasteiger partial charge in [0, 0.05) is 46.1 Å². The standard InChI is InChI=1S/C37H39N3O6Si/c1-24-33(47(2,3)45)32(20-21-41)46-37(24)30-22-29(39-35(43)27-12-8-5-9-13-27)18-19-31(30)40(36(37)44)23-25-14-16-28(17-15-25)38-34(42)26-10-6-4-7-11-26/h4-19,22,24,32-33,41,45H,20-21,23H2,1-3H3,(H,38,42)(H,39,43)/t24-,32+,33-,37+/m0/s1. The van der Waals surface area contributed by atoms with Gasteiger partial charge in [-0.2, -0.15) is 0 Å². The Morgan fingerprint density at radius 1 is 0.851 bits per heavy atom. The van der Waals surface area contributed by atoms with E-state index < -0.39 is 25.9 Å². The van der Waals surface area contributed by atoms with Crippen LogP contribution in [0.3, 0.4) is 0 Å². The van der Waals surface area contributed by atoms with E-state index in [1.54, 1.807) is 65.6 Å². The SMILES string of the molecule is C[C@H]1[C@H]([Si](C)(C)O)[C@@H](CCO)O[C@]12C(=O)N(Cc1ccc(NC(=O)c3ccccc3)cc1)c1ccc(NC(=O)c3ccccc3)cc12. The average Bonchev–Trinajstić information content (AvgIpc) is 3.49. The summed E-state index contributed by atoms with van der Waals surface area (Å²) in [6.07, 6.45) is -0.231. The van der Waals surface area contributed by atoms with E-state index in [9.17, 15) is 24.3 Å². The van der Waals surface area contributed by atoms with E-state index in [2.05, 4.69) is 10.6 Å². The van der Waals surface area contributed by atoms with Gasteiger partial charge < -0.3 is 30.2 Å². The largest absolute Gasteiger partial charge is 0.432 e. The van der Waals surface area contributed by atoms with E-state index in [-0.39, 0.29) is 42.8 Å². The van der Waals surface area contributed by atoms with Gasteiger partial charge in [-0.1, -0.05) is 55.5 Å². The van der Waals surface area contributed by atoms with Crippen molar-refractivity contribution in [3.05, 3.63) is 125 Å². The molecule has 242 valence electrons. The maximum absolute atomic E-state index is 14.7. The second-order valence-corrected chi connectivity index (χ2v) is 16.8. The lowest BCUT2D eigenvalue weighted by atomic mass is 9.82. The zero-order valence-electron chi connectivity index (χ0n) is 26.6. The number of amides is 3. The number of carbonyl (C=O) groups is 3. The minimum absolute atomic E-state index is 0.139. The number of hydrogen-bond acceptors (Lipinski definition) is 6. The van der Waals surface area contributed by atoms with Crippen LogP contribution in [0.15, 0.2) is 103 Å². The molecule has 47 heavy (non-hydrogen) atoms. The first-order valence-corrected chi connectivity index (χ1v) is 18.8. The molecule has 0 bridgehead atoms. The van der Waals surface area contributed by atoms with Crippen molar-refractivity contribution in [2.24, 2.45) is 5.92 Å². The summed E-state index contributed by atoms with van der Waals surface area (Å²) in [6, 6.07) is 30.6. The average molecular weight is 650 g/mol. The number of fused-ring (bicyclic) bond motifs is 2. The highest BCUT2D eigenvalue weighted by Gasteiger charge is 2.66. The number of aliphatic hydroxyl groups is 1. The number of nitrogens with one attached hydrogen (secondary N) is 2. The van der Waals surface area contributed by atoms with Crippen LogP contribution in [-0.2, 0) is 21.7 Å². The molecule has 4 aromatic carbocycles. The van der Waals surface area contributed by atoms with Crippen molar-refractivity contribution in [1.29, 1.82) is 0 Å². The number of nitrogens with zero attached hydrogens (tertiary/aromatic N) is 1. The molecular weight excluding hydrogens is 611 g/mol. The number of carbonyl (C=O) groups excluding carboxylic acids is 3. The maximum atomic E-state index is 14.7. The molecule has 4 atom stereocenters. The Morgan fingerprint density at radius 3 is 1.96 bits per heavy atom. The Hall–Kier alpha value is -4.61. The highest BCUT2D eigenvalue weighted by Crippen LogP contribution is 2.60. The molecule has 4 N–H and O–H groups in total. The van der Waals surface area contributed by atoms with Gasteiger partial charge in [0.1, 0.15) is 0 Å². The van der Waals surface area contributed by atoms with E-state index in [0.717, 1.165) is 5.56 Å². The number of rotatable bonds is 9. The summed E-state index contributed by atoms with van der Waals surface area (Å²) in [4.78, 5) is 53.5. The zero-order valence-corrected chi connectivity index (χ0v) is 27.6. The van der Waals surface area contributed by atoms with Crippen molar-refractivity contribution in [2.45, 2.75) is 50.2 Å². The number of aliphatic hydroxyl groups excluding tert-OH is 1. The number of ether oxygens (including phenoxy) is 1. The first kappa shape index (κ1) is 32.3. The summed E-state index contributed by atoms with van der Waals surface area (Å²) in [7, 11) is -2.87. The highest BCUT2D eigenvalue weighted by atomic mass is 28.4. The van der Waals surface area contributed by atoms with E-state index >= 15 is 0 Å². The maximum Gasteiger partial charge on any atom is 0.264 e. The van der Waals surface area contributed by atoms with Crippen molar-refractivity contribution in [1.82, 2.24) is 0 Å². The number of anilines is 3. The van der Waals surface area contributed by atoms with Crippen LogP contribution in [0.25, 0.3) is 0 Å². The summed E-state index contributed by atoms with van der Waals surface area (Å²) in [5, 5.41) is 15.8. The Balaban J connectivity index is 1.33. The van der Waals surface area contributed by atoms with Gasteiger partial charge in [0.15, 0.2) is 13.9 Å². The van der Waals surface area contributed by atoms with Crippen LogP contribution in [-0.4, -0.2) is 48.7 Å². The third-order valence-corrected chi connectivity index (χ3v) is 11.8. The molecular formula is C37H39N3O6Si. The van der Waals surface area contributed by atoms with Gasteiger partial charge >= 0.3 is 0 Å². The number of benzene rings is 4. The van der Waals surface area contributed by atoms with Crippen LogP contribution in [0.4, 0.5) is 17.1 Å². The fourth-order valence-corrected chi connectivity index (χ4v) is 9.77. The van der Waals surface area contributed by atoms with Gasteiger partial charge in [-0.3, -0.25) is 14.4 Å². The quantitative estimate of drug-likeness (QED) is 0.167. The van der Waals surface area contributed by atoms with Gasteiger partial charge in [-0.25, -0.2) is 0 Å². The fraction of sp³-hybridized carbons (Fsp3) is 0.270. The lowest BCUT2D eigenvalue weighted by Gasteiger charge is -2.32. The second-order valence-electron chi connectivity index (χ2n) is 12.8. The van der Waals surface area contributed by atoms with Gasteiger partial charge in [-0.15, -0.1) is 0 Å². The van der Waals surface area contributed by atoms with Crippen LogP contribution in [0.1, 0.15) is 45.2 Å². The Kier molecular flexibility index (Phi) is 8.86. The summed E-state index contributed by atoms with van der Waals surface area (Å²) in [5.74, 6) is -1.15. The van der Waals surface area contributed by atoms with Crippen molar-refractivity contribution in [3.63, 3.8) is 0 Å². The van der Waals surface area contributed by atoms with Gasteiger partial charge in [0.25, 0.3) is 17.7 Å². The number of hydrogen-bond donors (Lipinski definition) is 4. The van der Waals surface area contributed by atoms with Crippen LogP contribution in [0.5, 0.6) is 0 Å². The third kappa shape index (κ3) is 6.12. The van der Waals surface area contributed by atoms with Crippen molar-refractivity contribution >= 4 is 43.1 Å². The molecule has 0 radical (unpaired) electrons. The summed E-state index contributed by atoms with van der Waals surface area (Å²) < 4.78 is 6.72. The van der Waals surface area contributed by atoms with E-state index in [4.69, 9.17) is 4.74 Å². The molecule has 2 aliphatic rings. The van der Waals surface area contributed by atoms with Gasteiger partial charge in [0.05, 0.1) is 18.3 Å². The molecule has 0 saturated carbocycles. The van der Waals surface area contributed by atoms with Crippen molar-refractivity contribution in [3.8, 4) is 0 Å². The molecule has 1 spiro atoms. The molecule has 2 heterocycles. The monoisotopic (exact) mass is 649 g/mol. The molecule has 6 rings (SSSR count). The second kappa shape index (κ2) is 12.9. The molecule has 0 unspecified atom stereocenters. The Labute approximate surface area is 275 Å². The molecule has 0 aromatic heterocycles. The Bertz CT molecular complexity index is 1780. The minimum atomic E-state index is -2.87. The summed E-state index contributed by atoms with van der Waals surface area (Å²) >= 11 is 0. The molecule has 1 saturated heterocycles. The molecule has 2 aliphatic heterocycles. The molecule has 9 nitrogen and oxygen atoms in total. The molecule has 0 aliphatic carbocycles. The summed E-state index contributed by atoms with van der Waals surface area (Å²) in [5.41, 5.74) is 2.59. The Morgan fingerprint density at radius 2 is 1.40 bits per heavy atom. The van der Waals surface area contributed by atoms with E-state index in [0.29, 0.717) is 33.8 Å². The van der Waals surface area contributed by atoms with Gasteiger partial charge in [-0.05, 0) is 79.7 Å². The topological polar surface area (TPSA) is 128 Å². The zero-order chi connectivity index (χ0) is 33.3. The molecule has 3 amide bonds. The van der Waals surface area contributed by atoms with E-state index in [1.807, 2.05) is 62.5 Å². The minimum Gasteiger partial charge on any atom is -0.432 e. The van der Waals surface area contributed by atoms with Crippen LogP contribution >= 0.6 is 0 Å². The fourth-order valence-electron chi connectivity index (χ4n) is 7.17. The first-order chi connectivity index (χ1) is 22.5. The van der Waals surface area contributed by atoms with Crippen LogP contribution in [0.2, 0.25) is 18.6 Å². The predicted octanol–water partition coefficient (Wildman–Crippen LogP) is 5.92. The lowest BCUT2D eigenvalue weighted by molar-refractivity contribution is -0.146. The first-order valence-electron chi connectivity index (χ1n) is 15.8. The highest BCUT2D eigenvalue weighted by molar-refractivity contribution is 6.71. The van der Waals surface area contributed by atoms with Crippen LogP contribution < -0.4 is 15.5 Å². The molecule has 1 fully saturated rings.